The Labute approximate surface area is 117 Å². The van der Waals surface area contributed by atoms with E-state index in [9.17, 15) is 8.42 Å². The Morgan fingerprint density at radius 2 is 2.16 bits per heavy atom. The summed E-state index contributed by atoms with van der Waals surface area (Å²) in [6.45, 7) is 0.183. The fraction of sp³-hybridized carbons (Fsp3) is 0.417. The van der Waals surface area contributed by atoms with Crippen molar-refractivity contribution >= 4 is 21.6 Å². The van der Waals surface area contributed by atoms with Crippen LogP contribution in [0.3, 0.4) is 0 Å². The zero-order valence-corrected chi connectivity index (χ0v) is 11.8. The lowest BCUT2D eigenvalue weighted by molar-refractivity contribution is 0.251. The number of nitrogens with zero attached hydrogens (tertiary/aromatic N) is 1. The molecule has 0 spiro atoms. The van der Waals surface area contributed by atoms with E-state index in [1.807, 2.05) is 6.07 Å². The summed E-state index contributed by atoms with van der Waals surface area (Å²) in [6.07, 6.45) is 2.63. The average Bonchev–Trinajstić information content (AvgIpc) is 2.34. The summed E-state index contributed by atoms with van der Waals surface area (Å²) >= 11 is 5.88. The van der Waals surface area contributed by atoms with E-state index in [1.54, 1.807) is 0 Å². The number of nitriles is 1. The molecule has 0 radical (unpaired) electrons. The van der Waals surface area contributed by atoms with Gasteiger partial charge in [-0.3, -0.25) is 0 Å². The van der Waals surface area contributed by atoms with Crippen LogP contribution in [0.2, 0.25) is 5.02 Å². The number of hydrogen-bond donors (Lipinski definition) is 2. The number of nitrogens with one attached hydrogen (secondary N) is 1. The molecule has 0 atom stereocenters. The molecule has 0 bridgehead atoms. The van der Waals surface area contributed by atoms with Crippen molar-refractivity contribution in [3.05, 3.63) is 28.8 Å². The second-order valence-electron chi connectivity index (χ2n) is 4.80. The number of sulfonamides is 1. The van der Waals surface area contributed by atoms with E-state index in [0.29, 0.717) is 0 Å². The Bertz CT molecular complexity index is 633. The van der Waals surface area contributed by atoms with Crippen molar-refractivity contribution in [2.24, 2.45) is 5.73 Å². The maximum Gasteiger partial charge on any atom is 0.242 e. The van der Waals surface area contributed by atoms with Gasteiger partial charge in [0.15, 0.2) is 0 Å². The minimum atomic E-state index is -3.75. The van der Waals surface area contributed by atoms with Crippen LogP contribution in [0, 0.1) is 11.3 Å². The van der Waals surface area contributed by atoms with Crippen molar-refractivity contribution in [2.45, 2.75) is 29.7 Å². The average molecular weight is 300 g/mol. The normalized spacial score (nSPS) is 17.5. The molecule has 1 aromatic rings. The number of rotatable bonds is 4. The van der Waals surface area contributed by atoms with Crippen LogP contribution in [-0.4, -0.2) is 20.5 Å². The van der Waals surface area contributed by atoms with Crippen molar-refractivity contribution in [3.63, 3.8) is 0 Å². The molecule has 0 heterocycles. The SMILES string of the molecule is N#Cc1ccc(Cl)c(S(=O)(=O)NCC2(N)CCC2)c1. The minimum absolute atomic E-state index is 0.0869. The van der Waals surface area contributed by atoms with Crippen LogP contribution in [0.5, 0.6) is 0 Å². The first-order valence-corrected chi connectivity index (χ1v) is 7.71. The van der Waals surface area contributed by atoms with Gasteiger partial charge in [-0.15, -0.1) is 0 Å². The highest BCUT2D eigenvalue weighted by Crippen LogP contribution is 2.29. The first-order chi connectivity index (χ1) is 8.86. The molecule has 0 aliphatic heterocycles. The highest BCUT2D eigenvalue weighted by atomic mass is 35.5. The van der Waals surface area contributed by atoms with E-state index < -0.39 is 15.6 Å². The molecular weight excluding hydrogens is 286 g/mol. The van der Waals surface area contributed by atoms with Crippen molar-refractivity contribution in [1.82, 2.24) is 4.72 Å². The molecule has 102 valence electrons. The summed E-state index contributed by atoms with van der Waals surface area (Å²) in [7, 11) is -3.75. The van der Waals surface area contributed by atoms with Crippen LogP contribution >= 0.6 is 11.6 Å². The lowest BCUT2D eigenvalue weighted by atomic mass is 9.78. The van der Waals surface area contributed by atoms with E-state index in [2.05, 4.69) is 4.72 Å². The maximum absolute atomic E-state index is 12.1. The summed E-state index contributed by atoms with van der Waals surface area (Å²) in [4.78, 5) is -0.0869. The number of hydrogen-bond acceptors (Lipinski definition) is 4. The van der Waals surface area contributed by atoms with Gasteiger partial charge < -0.3 is 5.73 Å². The smallest absolute Gasteiger partial charge is 0.242 e. The van der Waals surface area contributed by atoms with Crippen molar-refractivity contribution < 1.29 is 8.42 Å². The van der Waals surface area contributed by atoms with Gasteiger partial charge in [0.05, 0.1) is 16.7 Å². The lowest BCUT2D eigenvalue weighted by Crippen LogP contribution is -2.54. The Morgan fingerprint density at radius 3 is 2.68 bits per heavy atom. The summed E-state index contributed by atoms with van der Waals surface area (Å²) in [6, 6.07) is 6.01. The van der Waals surface area contributed by atoms with Gasteiger partial charge >= 0.3 is 0 Å². The Morgan fingerprint density at radius 1 is 1.47 bits per heavy atom. The summed E-state index contributed by atoms with van der Waals surface area (Å²) in [5.74, 6) is 0. The van der Waals surface area contributed by atoms with Gasteiger partial charge in [0.1, 0.15) is 4.90 Å². The van der Waals surface area contributed by atoms with Crippen LogP contribution in [0.1, 0.15) is 24.8 Å². The highest BCUT2D eigenvalue weighted by Gasteiger charge is 2.34. The fourth-order valence-corrected chi connectivity index (χ4v) is 3.57. The Balaban J connectivity index is 2.22. The molecule has 2 rings (SSSR count). The molecular formula is C12H14ClN3O2S. The molecule has 0 saturated heterocycles. The molecule has 7 heteroatoms. The maximum atomic E-state index is 12.1. The van der Waals surface area contributed by atoms with Gasteiger partial charge in [0.2, 0.25) is 10.0 Å². The molecule has 19 heavy (non-hydrogen) atoms. The zero-order chi connectivity index (χ0) is 14.1. The summed E-state index contributed by atoms with van der Waals surface area (Å²) in [5.41, 5.74) is 5.76. The third-order valence-corrected chi connectivity index (χ3v) is 5.20. The Kier molecular flexibility index (Phi) is 3.83. The zero-order valence-electron chi connectivity index (χ0n) is 10.2. The second-order valence-corrected chi connectivity index (χ2v) is 6.94. The number of halogens is 1. The standard InChI is InChI=1S/C12H14ClN3O2S/c13-10-3-2-9(7-14)6-11(10)19(17,18)16-8-12(15)4-1-5-12/h2-3,6,16H,1,4-5,8,15H2. The van der Waals surface area contributed by atoms with E-state index >= 15 is 0 Å². The van der Waals surface area contributed by atoms with Crippen molar-refractivity contribution in [2.75, 3.05) is 6.54 Å². The number of benzene rings is 1. The quantitative estimate of drug-likeness (QED) is 0.877. The monoisotopic (exact) mass is 299 g/mol. The molecule has 1 fully saturated rings. The summed E-state index contributed by atoms with van der Waals surface area (Å²) in [5, 5.41) is 8.89. The molecule has 1 aliphatic rings. The van der Waals surface area contributed by atoms with Crippen LogP contribution in [0.15, 0.2) is 23.1 Å². The number of nitrogens with two attached hydrogens (primary N) is 1. The van der Waals surface area contributed by atoms with Gasteiger partial charge in [-0.1, -0.05) is 11.6 Å². The first kappa shape index (κ1) is 14.3. The molecule has 0 unspecified atom stereocenters. The van der Waals surface area contributed by atoms with Crippen LogP contribution in [0.25, 0.3) is 0 Å². The molecule has 1 aliphatic carbocycles. The van der Waals surface area contributed by atoms with Gasteiger partial charge in [-0.2, -0.15) is 5.26 Å². The third kappa shape index (κ3) is 3.07. The van der Waals surface area contributed by atoms with Gasteiger partial charge in [-0.25, -0.2) is 13.1 Å². The molecule has 3 N–H and O–H groups in total. The summed E-state index contributed by atoms with van der Waals surface area (Å²) < 4.78 is 26.8. The van der Waals surface area contributed by atoms with E-state index in [0.717, 1.165) is 19.3 Å². The van der Waals surface area contributed by atoms with Crippen molar-refractivity contribution in [3.8, 4) is 6.07 Å². The second kappa shape index (κ2) is 5.10. The highest BCUT2D eigenvalue weighted by molar-refractivity contribution is 7.89. The minimum Gasteiger partial charge on any atom is -0.324 e. The van der Waals surface area contributed by atoms with Crippen LogP contribution in [-0.2, 0) is 10.0 Å². The predicted molar refractivity (Wildman–Crippen MR) is 72.1 cm³/mol. The Hall–Kier alpha value is -1.13. The molecule has 0 amide bonds. The fourth-order valence-electron chi connectivity index (χ4n) is 1.90. The van der Waals surface area contributed by atoms with Gasteiger partial charge in [0.25, 0.3) is 0 Å². The van der Waals surface area contributed by atoms with Crippen LogP contribution < -0.4 is 10.5 Å². The molecule has 0 aromatic heterocycles. The van der Waals surface area contributed by atoms with Crippen molar-refractivity contribution in [1.29, 1.82) is 5.26 Å². The van der Waals surface area contributed by atoms with Crippen LogP contribution in [0.4, 0.5) is 0 Å². The molecule has 1 saturated carbocycles. The first-order valence-electron chi connectivity index (χ1n) is 5.85. The molecule has 5 nitrogen and oxygen atoms in total. The van der Waals surface area contributed by atoms with Gasteiger partial charge in [0, 0.05) is 12.1 Å². The van der Waals surface area contributed by atoms with Gasteiger partial charge in [-0.05, 0) is 37.5 Å². The third-order valence-electron chi connectivity index (χ3n) is 3.31. The lowest BCUT2D eigenvalue weighted by Gasteiger charge is -2.38. The predicted octanol–water partition coefficient (Wildman–Crippen LogP) is 1.37. The van der Waals surface area contributed by atoms with E-state index in [4.69, 9.17) is 22.6 Å². The molecule has 1 aromatic carbocycles. The largest absolute Gasteiger partial charge is 0.324 e. The van der Waals surface area contributed by atoms with E-state index in [-0.39, 0.29) is 22.0 Å². The van der Waals surface area contributed by atoms with E-state index in [1.165, 1.54) is 18.2 Å². The topological polar surface area (TPSA) is 96.0 Å².